The summed E-state index contributed by atoms with van der Waals surface area (Å²) in [5.74, 6) is -1.16. The molecule has 7 nitrogen and oxygen atoms in total. The van der Waals surface area contributed by atoms with Crippen LogP contribution in [0.4, 0.5) is 0 Å². The van der Waals surface area contributed by atoms with E-state index in [1.165, 1.54) is 14.2 Å². The van der Waals surface area contributed by atoms with E-state index in [4.69, 9.17) is 0 Å². The second-order valence-corrected chi connectivity index (χ2v) is 3.19. The number of ether oxygens (including phenoxy) is 2. The van der Waals surface area contributed by atoms with Gasteiger partial charge in [-0.25, -0.2) is 9.59 Å². The highest BCUT2D eigenvalue weighted by Crippen LogP contribution is 2.03. The van der Waals surface area contributed by atoms with Crippen LogP contribution in [0.25, 0.3) is 11.0 Å². The van der Waals surface area contributed by atoms with Gasteiger partial charge in [-0.1, -0.05) is 12.1 Å². The van der Waals surface area contributed by atoms with Gasteiger partial charge in [-0.05, 0) is 12.1 Å². The highest BCUT2D eigenvalue weighted by atomic mass is 16.5. The number of carbonyl (C=O) groups excluding carboxylic acids is 2. The van der Waals surface area contributed by atoms with Crippen LogP contribution in [-0.2, 0) is 19.1 Å². The zero-order chi connectivity index (χ0) is 14.1. The Morgan fingerprint density at radius 3 is 1.79 bits per heavy atom. The van der Waals surface area contributed by atoms with Crippen molar-refractivity contribution >= 4 is 23.0 Å². The summed E-state index contributed by atoms with van der Waals surface area (Å²) in [6.45, 7) is 0. The van der Waals surface area contributed by atoms with E-state index in [1.54, 1.807) is 0 Å². The van der Waals surface area contributed by atoms with Gasteiger partial charge in [-0.2, -0.15) is 15.4 Å². The first-order chi connectivity index (χ1) is 9.17. The summed E-state index contributed by atoms with van der Waals surface area (Å²) in [6.07, 6.45) is 1.98. The Morgan fingerprint density at radius 2 is 1.42 bits per heavy atom. The Bertz CT molecular complexity index is 529. The summed E-state index contributed by atoms with van der Waals surface area (Å²) in [6, 6.07) is 7.70. The van der Waals surface area contributed by atoms with Crippen molar-refractivity contribution < 1.29 is 19.1 Å². The number of carbonyl (C=O) groups is 2. The van der Waals surface area contributed by atoms with Crippen LogP contribution in [0.1, 0.15) is 0 Å². The first-order valence-electron chi connectivity index (χ1n) is 5.27. The van der Waals surface area contributed by atoms with E-state index in [0.29, 0.717) is 0 Å². The molecule has 1 heterocycles. The van der Waals surface area contributed by atoms with Gasteiger partial charge in [0, 0.05) is 12.2 Å². The van der Waals surface area contributed by atoms with Gasteiger partial charge in [-0.3, -0.25) is 0 Å². The molecule has 1 N–H and O–H groups in total. The second-order valence-electron chi connectivity index (χ2n) is 3.19. The molecule has 100 valence electrons. The van der Waals surface area contributed by atoms with Crippen molar-refractivity contribution in [3.63, 3.8) is 0 Å². The maximum atomic E-state index is 10.3. The molecule has 1 aromatic carbocycles. The number of para-hydroxylation sites is 2. The lowest BCUT2D eigenvalue weighted by Gasteiger charge is -1.89. The molecule has 1 aromatic heterocycles. The Hall–Kier alpha value is -2.70. The van der Waals surface area contributed by atoms with Crippen molar-refractivity contribution in [1.29, 1.82) is 0 Å². The fourth-order valence-electron chi connectivity index (χ4n) is 1.06. The fourth-order valence-corrected chi connectivity index (χ4v) is 1.06. The van der Waals surface area contributed by atoms with E-state index in [0.717, 1.165) is 23.2 Å². The lowest BCUT2D eigenvalue weighted by molar-refractivity contribution is -0.137. The van der Waals surface area contributed by atoms with Crippen molar-refractivity contribution in [2.75, 3.05) is 14.2 Å². The van der Waals surface area contributed by atoms with Crippen LogP contribution in [-0.4, -0.2) is 41.6 Å². The molecule has 2 rings (SSSR count). The third kappa shape index (κ3) is 4.99. The van der Waals surface area contributed by atoms with Gasteiger partial charge < -0.3 is 9.47 Å². The van der Waals surface area contributed by atoms with Crippen LogP contribution in [0.5, 0.6) is 0 Å². The molecule has 0 unspecified atom stereocenters. The number of benzene rings is 1. The summed E-state index contributed by atoms with van der Waals surface area (Å²) < 4.78 is 8.42. The van der Waals surface area contributed by atoms with Crippen molar-refractivity contribution in [1.82, 2.24) is 15.4 Å². The van der Waals surface area contributed by atoms with Crippen LogP contribution in [0.2, 0.25) is 0 Å². The molecular weight excluding hydrogens is 250 g/mol. The van der Waals surface area contributed by atoms with Crippen molar-refractivity contribution in [3.05, 3.63) is 36.4 Å². The number of methoxy groups -OCH3 is 2. The molecular formula is C12H13N3O4. The van der Waals surface area contributed by atoms with Crippen LogP contribution in [0.15, 0.2) is 36.4 Å². The lowest BCUT2D eigenvalue weighted by atomic mass is 10.3. The minimum Gasteiger partial charge on any atom is -0.466 e. The van der Waals surface area contributed by atoms with Crippen LogP contribution in [0.3, 0.4) is 0 Å². The number of rotatable bonds is 2. The number of hydrogen-bond acceptors (Lipinski definition) is 6. The maximum absolute atomic E-state index is 10.3. The van der Waals surface area contributed by atoms with Gasteiger partial charge in [0.15, 0.2) is 0 Å². The Balaban J connectivity index is 0.000000190. The topological polar surface area (TPSA) is 94.2 Å². The number of aromatic amines is 1. The van der Waals surface area contributed by atoms with E-state index in [1.807, 2.05) is 24.3 Å². The molecule has 0 radical (unpaired) electrons. The summed E-state index contributed by atoms with van der Waals surface area (Å²) in [7, 11) is 2.45. The number of nitrogens with one attached hydrogen (secondary N) is 1. The molecule has 0 atom stereocenters. The molecule has 0 aliphatic carbocycles. The predicted octanol–water partition coefficient (Wildman–Crippen LogP) is 0.846. The fraction of sp³-hybridized carbons (Fsp3) is 0.167. The van der Waals surface area contributed by atoms with Crippen LogP contribution in [0, 0.1) is 0 Å². The quantitative estimate of drug-likeness (QED) is 0.637. The number of H-pyrrole nitrogens is 1. The van der Waals surface area contributed by atoms with Gasteiger partial charge in [0.25, 0.3) is 0 Å². The summed E-state index contributed by atoms with van der Waals surface area (Å²) >= 11 is 0. The standard InChI is InChI=1S/C6H5N3.C6H8O4/c1-2-4-6-5(3-1)7-9-8-6;1-9-5(7)3-4-6(8)10-2/h1-4H,(H,7,8,9);3-4H,1-2H3. The van der Waals surface area contributed by atoms with Gasteiger partial charge in [-0.15, -0.1) is 0 Å². The smallest absolute Gasteiger partial charge is 0.330 e. The van der Waals surface area contributed by atoms with E-state index in [-0.39, 0.29) is 0 Å². The van der Waals surface area contributed by atoms with Crippen LogP contribution >= 0.6 is 0 Å². The molecule has 0 spiro atoms. The number of esters is 2. The Labute approximate surface area is 109 Å². The van der Waals surface area contributed by atoms with Gasteiger partial charge in [0.2, 0.25) is 0 Å². The third-order valence-corrected chi connectivity index (χ3v) is 1.98. The minimum atomic E-state index is -0.578. The Kier molecular flexibility index (Phi) is 5.74. The minimum absolute atomic E-state index is 0.578. The molecule has 7 heteroatoms. The molecule has 0 saturated carbocycles. The largest absolute Gasteiger partial charge is 0.466 e. The summed E-state index contributed by atoms with van der Waals surface area (Å²) in [4.78, 5) is 20.6. The van der Waals surface area contributed by atoms with E-state index in [2.05, 4.69) is 24.9 Å². The Morgan fingerprint density at radius 1 is 1.00 bits per heavy atom. The monoisotopic (exact) mass is 263 g/mol. The average molecular weight is 263 g/mol. The molecule has 0 aliphatic rings. The zero-order valence-electron chi connectivity index (χ0n) is 10.5. The number of hydrogen-bond donors (Lipinski definition) is 1. The summed E-state index contributed by atoms with van der Waals surface area (Å²) in [5.41, 5.74) is 1.83. The first-order valence-corrected chi connectivity index (χ1v) is 5.27. The number of nitrogens with zero attached hydrogens (tertiary/aromatic N) is 2. The number of fused-ring (bicyclic) bond motifs is 1. The molecule has 0 saturated heterocycles. The van der Waals surface area contributed by atoms with Crippen molar-refractivity contribution in [2.24, 2.45) is 0 Å². The highest BCUT2D eigenvalue weighted by Gasteiger charge is 1.94. The lowest BCUT2D eigenvalue weighted by Crippen LogP contribution is -1.98. The van der Waals surface area contributed by atoms with E-state index < -0.39 is 11.9 Å². The molecule has 0 amide bonds. The first kappa shape index (κ1) is 14.4. The molecule has 0 aliphatic heterocycles. The van der Waals surface area contributed by atoms with E-state index >= 15 is 0 Å². The second kappa shape index (κ2) is 7.59. The normalized spacial score (nSPS) is 9.79. The van der Waals surface area contributed by atoms with Gasteiger partial charge in [0.1, 0.15) is 11.0 Å². The molecule has 19 heavy (non-hydrogen) atoms. The highest BCUT2D eigenvalue weighted by molar-refractivity contribution is 5.91. The SMILES string of the molecule is COC(=O)C=CC(=O)OC.c1ccc2n[nH]nc2c1. The summed E-state index contributed by atoms with van der Waals surface area (Å²) in [5, 5.41) is 10.3. The maximum Gasteiger partial charge on any atom is 0.330 e. The number of aromatic nitrogens is 3. The van der Waals surface area contributed by atoms with E-state index in [9.17, 15) is 9.59 Å². The van der Waals surface area contributed by atoms with Gasteiger partial charge in [0.05, 0.1) is 14.2 Å². The average Bonchev–Trinajstić information content (AvgIpc) is 2.93. The van der Waals surface area contributed by atoms with Crippen LogP contribution < -0.4 is 0 Å². The van der Waals surface area contributed by atoms with Crippen molar-refractivity contribution in [3.8, 4) is 0 Å². The molecule has 0 bridgehead atoms. The predicted molar refractivity (Wildman–Crippen MR) is 67.1 cm³/mol. The van der Waals surface area contributed by atoms with Gasteiger partial charge >= 0.3 is 11.9 Å². The third-order valence-electron chi connectivity index (χ3n) is 1.98. The van der Waals surface area contributed by atoms with Crippen molar-refractivity contribution in [2.45, 2.75) is 0 Å². The zero-order valence-corrected chi connectivity index (χ0v) is 10.5. The molecule has 0 fully saturated rings. The molecule has 2 aromatic rings.